The molecule has 5 N–H and O–H groups in total. The van der Waals surface area contributed by atoms with Crippen molar-refractivity contribution in [2.45, 2.75) is 65.7 Å². The number of nitrogens with two attached hydrogens (primary N) is 1. The maximum absolute atomic E-state index is 12.3. The molecule has 10 nitrogen and oxygen atoms in total. The van der Waals surface area contributed by atoms with Gasteiger partial charge in [-0.25, -0.2) is 9.07 Å². The molecule has 0 saturated heterocycles. The van der Waals surface area contributed by atoms with Crippen LogP contribution in [0.5, 0.6) is 5.75 Å². The van der Waals surface area contributed by atoms with Crippen LogP contribution in [0.4, 0.5) is 4.39 Å². The first-order chi connectivity index (χ1) is 17.4. The molecule has 0 bridgehead atoms. The van der Waals surface area contributed by atoms with Crippen LogP contribution in [-0.2, 0) is 18.6 Å². The van der Waals surface area contributed by atoms with Crippen LogP contribution >= 0.6 is 0 Å². The van der Waals surface area contributed by atoms with Crippen molar-refractivity contribution in [2.24, 2.45) is 5.73 Å². The molecular formula is C26H42FN9O. The lowest BCUT2D eigenvalue weighted by atomic mass is 10.1. The lowest BCUT2D eigenvalue weighted by molar-refractivity contribution is 0.137. The number of ether oxygens (including phenoxy) is 1. The van der Waals surface area contributed by atoms with Crippen molar-refractivity contribution in [3.8, 4) is 5.75 Å². The Hall–Kier alpha value is -3.31. The van der Waals surface area contributed by atoms with Crippen molar-refractivity contribution in [3.63, 3.8) is 0 Å². The van der Waals surface area contributed by atoms with Crippen LogP contribution in [0.3, 0.4) is 0 Å². The third kappa shape index (κ3) is 8.94. The zero-order chi connectivity index (χ0) is 27.1. The number of benzene rings is 1. The van der Waals surface area contributed by atoms with E-state index in [2.05, 4.69) is 79.2 Å². The highest BCUT2D eigenvalue weighted by Crippen LogP contribution is 2.17. The second kappa shape index (κ2) is 12.3. The summed E-state index contributed by atoms with van der Waals surface area (Å²) < 4.78 is 19.4. The number of nitrogens with one attached hydrogen (secondary N) is 3. The van der Waals surface area contributed by atoms with E-state index in [0.717, 1.165) is 17.0 Å². The topological polar surface area (TPSA) is 109 Å². The van der Waals surface area contributed by atoms with Crippen LogP contribution in [0.25, 0.3) is 0 Å². The van der Waals surface area contributed by atoms with Gasteiger partial charge in [-0.3, -0.25) is 9.91 Å². The second-order valence-corrected chi connectivity index (χ2v) is 11.2. The standard InChI is InChI=1S/C26H42FN9O/c1-25(2,3)35-18-22(30-32-35)16-34(17-23-19-36(33-31-23)26(4,5)6)15-21(28)14-29-13-20-7-9-24(10-8-20)37-12-11-27/h7-10,14,18-19,29-30,32H,11-13,15-17,28H2,1-6H3/b21-14-. The fourth-order valence-electron chi connectivity index (χ4n) is 3.59. The van der Waals surface area contributed by atoms with Crippen LogP contribution in [0.1, 0.15) is 52.8 Å². The lowest BCUT2D eigenvalue weighted by Gasteiger charge is -2.30. The molecule has 0 saturated carbocycles. The summed E-state index contributed by atoms with van der Waals surface area (Å²) in [6.45, 7) is 14.7. The van der Waals surface area contributed by atoms with E-state index in [-0.39, 0.29) is 17.7 Å². The van der Waals surface area contributed by atoms with Crippen molar-refractivity contribution in [1.82, 2.24) is 41.2 Å². The van der Waals surface area contributed by atoms with Gasteiger partial charge in [0.05, 0.1) is 23.1 Å². The Labute approximate surface area is 219 Å². The third-order valence-corrected chi connectivity index (χ3v) is 5.62. The van der Waals surface area contributed by atoms with E-state index in [1.807, 2.05) is 46.4 Å². The zero-order valence-corrected chi connectivity index (χ0v) is 22.9. The van der Waals surface area contributed by atoms with E-state index in [1.54, 1.807) is 0 Å². The molecule has 1 aromatic heterocycles. The number of halogens is 1. The van der Waals surface area contributed by atoms with Gasteiger partial charge in [-0.15, -0.1) is 10.6 Å². The van der Waals surface area contributed by atoms with Crippen molar-refractivity contribution >= 4 is 0 Å². The predicted octanol–water partition coefficient (Wildman–Crippen LogP) is 2.74. The second-order valence-electron chi connectivity index (χ2n) is 11.2. The molecule has 204 valence electrons. The van der Waals surface area contributed by atoms with Gasteiger partial charge in [0.2, 0.25) is 0 Å². The summed E-state index contributed by atoms with van der Waals surface area (Å²) in [6, 6.07) is 7.57. The van der Waals surface area contributed by atoms with Crippen LogP contribution in [0.15, 0.2) is 54.3 Å². The Morgan fingerprint density at radius 3 is 2.46 bits per heavy atom. The van der Waals surface area contributed by atoms with Gasteiger partial charge in [0.15, 0.2) is 0 Å². The highest BCUT2D eigenvalue weighted by Gasteiger charge is 2.24. The minimum Gasteiger partial charge on any atom is -0.491 e. The summed E-state index contributed by atoms with van der Waals surface area (Å²) in [5.74, 6) is 0.657. The number of nitrogens with zero attached hydrogens (tertiary/aromatic N) is 5. The van der Waals surface area contributed by atoms with E-state index in [4.69, 9.17) is 10.5 Å². The molecule has 0 atom stereocenters. The molecule has 1 aliphatic heterocycles. The number of hydrogen-bond acceptors (Lipinski definition) is 9. The van der Waals surface area contributed by atoms with Crippen molar-refractivity contribution in [2.75, 3.05) is 26.4 Å². The maximum Gasteiger partial charge on any atom is 0.123 e. The van der Waals surface area contributed by atoms with Gasteiger partial charge in [-0.05, 0) is 59.2 Å². The number of aromatic nitrogens is 3. The fraction of sp³-hybridized carbons (Fsp3) is 0.538. The van der Waals surface area contributed by atoms with Crippen LogP contribution in [0, 0.1) is 0 Å². The molecule has 2 heterocycles. The van der Waals surface area contributed by atoms with E-state index in [9.17, 15) is 4.39 Å². The molecular weight excluding hydrogens is 473 g/mol. The minimum atomic E-state index is -0.502. The Morgan fingerprint density at radius 2 is 1.86 bits per heavy atom. The smallest absolute Gasteiger partial charge is 0.123 e. The van der Waals surface area contributed by atoms with Gasteiger partial charge in [0.1, 0.15) is 19.0 Å². The number of alkyl halides is 1. The molecule has 2 aromatic rings. The SMILES string of the molecule is CC(C)(C)N1C=C(CN(C/C(N)=C/NCc2ccc(OCCF)cc2)Cc2cn(C(C)(C)C)nn2)NN1. The van der Waals surface area contributed by atoms with Gasteiger partial charge in [-0.1, -0.05) is 17.3 Å². The summed E-state index contributed by atoms with van der Waals surface area (Å²) in [5.41, 5.74) is 16.4. The monoisotopic (exact) mass is 515 g/mol. The third-order valence-electron chi connectivity index (χ3n) is 5.62. The van der Waals surface area contributed by atoms with Gasteiger partial charge < -0.3 is 21.2 Å². The van der Waals surface area contributed by atoms with Crippen molar-refractivity contribution < 1.29 is 9.13 Å². The summed E-state index contributed by atoms with van der Waals surface area (Å²) in [4.78, 5) is 2.22. The first kappa shape index (κ1) is 28.3. The zero-order valence-electron chi connectivity index (χ0n) is 22.9. The lowest BCUT2D eigenvalue weighted by Crippen LogP contribution is -2.47. The van der Waals surface area contributed by atoms with E-state index in [0.29, 0.717) is 37.6 Å². The minimum absolute atomic E-state index is 0.0601. The summed E-state index contributed by atoms with van der Waals surface area (Å²) in [6.07, 6.45) is 5.91. The van der Waals surface area contributed by atoms with Gasteiger partial charge in [0, 0.05) is 49.8 Å². The number of hydrogen-bond donors (Lipinski definition) is 4. The van der Waals surface area contributed by atoms with Gasteiger partial charge in [-0.2, -0.15) is 0 Å². The van der Waals surface area contributed by atoms with Crippen molar-refractivity contribution in [1.29, 1.82) is 0 Å². The predicted molar refractivity (Wildman–Crippen MR) is 143 cm³/mol. The molecule has 1 aromatic carbocycles. The summed E-state index contributed by atoms with van der Waals surface area (Å²) >= 11 is 0. The Kier molecular flexibility index (Phi) is 9.39. The highest BCUT2D eigenvalue weighted by atomic mass is 19.1. The molecule has 0 amide bonds. The average Bonchev–Trinajstić information content (AvgIpc) is 3.48. The largest absolute Gasteiger partial charge is 0.491 e. The van der Waals surface area contributed by atoms with Crippen LogP contribution in [0.2, 0.25) is 0 Å². The van der Waals surface area contributed by atoms with Gasteiger partial charge >= 0.3 is 0 Å². The maximum atomic E-state index is 12.3. The molecule has 0 unspecified atom stereocenters. The first-order valence-corrected chi connectivity index (χ1v) is 12.6. The Morgan fingerprint density at radius 1 is 1.14 bits per heavy atom. The Balaban J connectivity index is 1.63. The van der Waals surface area contributed by atoms with Gasteiger partial charge in [0.25, 0.3) is 0 Å². The molecule has 37 heavy (non-hydrogen) atoms. The molecule has 0 aliphatic carbocycles. The number of rotatable bonds is 12. The molecule has 3 rings (SSSR count). The molecule has 11 heteroatoms. The van der Waals surface area contributed by atoms with E-state index in [1.165, 1.54) is 0 Å². The highest BCUT2D eigenvalue weighted by molar-refractivity contribution is 5.27. The first-order valence-electron chi connectivity index (χ1n) is 12.6. The normalized spacial score (nSPS) is 14.6. The summed E-state index contributed by atoms with van der Waals surface area (Å²) in [5, 5.41) is 14.0. The molecule has 0 fully saturated rings. The van der Waals surface area contributed by atoms with Crippen molar-refractivity contribution in [3.05, 3.63) is 65.5 Å². The van der Waals surface area contributed by atoms with Crippen LogP contribution < -0.4 is 26.7 Å². The number of hydrazine groups is 2. The van der Waals surface area contributed by atoms with E-state index >= 15 is 0 Å². The van der Waals surface area contributed by atoms with E-state index < -0.39 is 6.67 Å². The Bertz CT molecular complexity index is 1050. The average molecular weight is 516 g/mol. The fourth-order valence-corrected chi connectivity index (χ4v) is 3.59. The summed E-state index contributed by atoms with van der Waals surface area (Å²) in [7, 11) is 0. The molecule has 0 spiro atoms. The quantitative estimate of drug-likeness (QED) is 0.339. The molecule has 1 aliphatic rings. The molecule has 0 radical (unpaired) electrons. The van der Waals surface area contributed by atoms with Crippen LogP contribution in [-0.4, -0.2) is 56.8 Å².